The molecule has 0 unspecified atom stereocenters. The van der Waals surface area contributed by atoms with Crippen LogP contribution >= 0.6 is 0 Å². The minimum absolute atomic E-state index is 0.0516. The van der Waals surface area contributed by atoms with Crippen molar-refractivity contribution in [2.75, 3.05) is 12.4 Å². The van der Waals surface area contributed by atoms with E-state index in [0.29, 0.717) is 11.4 Å². The quantitative estimate of drug-likeness (QED) is 0.909. The van der Waals surface area contributed by atoms with Crippen LogP contribution in [0.4, 0.5) is 19.0 Å². The third-order valence-corrected chi connectivity index (χ3v) is 3.25. The van der Waals surface area contributed by atoms with E-state index in [9.17, 15) is 13.2 Å². The maximum atomic E-state index is 13.1. The molecular formula is C14H14F3N3. The Morgan fingerprint density at radius 2 is 1.65 bits per heavy atom. The lowest BCUT2D eigenvalue weighted by molar-refractivity contribution is -0.137. The molecule has 106 valence electrons. The summed E-state index contributed by atoms with van der Waals surface area (Å²) in [6.07, 6.45) is -4.42. The van der Waals surface area contributed by atoms with Crippen LogP contribution in [-0.4, -0.2) is 17.2 Å². The van der Waals surface area contributed by atoms with Gasteiger partial charge in [0.25, 0.3) is 0 Å². The van der Waals surface area contributed by atoms with Crippen molar-refractivity contribution in [3.05, 3.63) is 41.0 Å². The monoisotopic (exact) mass is 281 g/mol. The van der Waals surface area contributed by atoms with Crippen molar-refractivity contribution < 1.29 is 13.2 Å². The molecule has 2 aromatic rings. The summed E-state index contributed by atoms with van der Waals surface area (Å²) >= 11 is 0. The fourth-order valence-electron chi connectivity index (χ4n) is 2.04. The smallest absolute Gasteiger partial charge is 0.371 e. The van der Waals surface area contributed by atoms with E-state index in [1.54, 1.807) is 27.0 Å². The van der Waals surface area contributed by atoms with Gasteiger partial charge in [0.15, 0.2) is 5.82 Å². The third-order valence-electron chi connectivity index (χ3n) is 3.25. The third kappa shape index (κ3) is 2.45. The molecule has 0 radical (unpaired) electrons. The number of nitrogens with zero attached hydrogens (tertiary/aromatic N) is 2. The molecule has 0 bridgehead atoms. The van der Waals surface area contributed by atoms with Crippen LogP contribution in [0, 0.1) is 13.8 Å². The number of anilines is 1. The number of halogens is 3. The zero-order valence-electron chi connectivity index (χ0n) is 11.3. The summed E-state index contributed by atoms with van der Waals surface area (Å²) in [5.41, 5.74) is 1.08. The van der Waals surface area contributed by atoms with Crippen molar-refractivity contribution in [2.24, 2.45) is 0 Å². The van der Waals surface area contributed by atoms with Gasteiger partial charge < -0.3 is 5.32 Å². The number of alkyl halides is 3. The van der Waals surface area contributed by atoms with Crippen molar-refractivity contribution in [1.82, 2.24) is 10.2 Å². The maximum Gasteiger partial charge on any atom is 0.417 e. The Kier molecular flexibility index (Phi) is 3.65. The summed E-state index contributed by atoms with van der Waals surface area (Å²) in [5, 5.41) is 10.7. The van der Waals surface area contributed by atoms with E-state index < -0.39 is 11.7 Å². The first-order valence-corrected chi connectivity index (χ1v) is 6.04. The van der Waals surface area contributed by atoms with E-state index >= 15 is 0 Å². The fraction of sp³-hybridized carbons (Fsp3) is 0.286. The molecule has 0 aliphatic rings. The molecule has 0 saturated carbocycles. The Bertz CT molecular complexity index is 636. The van der Waals surface area contributed by atoms with Gasteiger partial charge in [0.2, 0.25) is 0 Å². The lowest BCUT2D eigenvalue weighted by Gasteiger charge is -2.15. The Morgan fingerprint density at radius 3 is 2.25 bits per heavy atom. The van der Waals surface area contributed by atoms with E-state index in [2.05, 4.69) is 15.5 Å². The zero-order valence-corrected chi connectivity index (χ0v) is 11.3. The van der Waals surface area contributed by atoms with Gasteiger partial charge in [-0.25, -0.2) is 0 Å². The highest BCUT2D eigenvalue weighted by atomic mass is 19.4. The van der Waals surface area contributed by atoms with Gasteiger partial charge in [-0.15, -0.1) is 10.2 Å². The Morgan fingerprint density at radius 1 is 1.00 bits per heavy atom. The predicted octanol–water partition coefficient (Wildman–Crippen LogP) is 3.82. The number of benzene rings is 1. The molecule has 1 heterocycles. The molecule has 2 rings (SSSR count). The lowest BCUT2D eigenvalue weighted by atomic mass is 9.99. The van der Waals surface area contributed by atoms with Crippen molar-refractivity contribution >= 4 is 5.82 Å². The average Bonchev–Trinajstić information content (AvgIpc) is 2.41. The molecule has 0 amide bonds. The standard InChI is InChI=1S/C14H14F3N3/c1-8-9(2)13(18-3)20-19-12(8)10-6-4-5-7-11(10)14(15,16)17/h4-7H,1-3H3,(H,18,20). The number of aromatic nitrogens is 2. The van der Waals surface area contributed by atoms with Crippen LogP contribution in [-0.2, 0) is 6.18 Å². The second-order valence-corrected chi connectivity index (χ2v) is 4.44. The van der Waals surface area contributed by atoms with Crippen molar-refractivity contribution in [1.29, 1.82) is 0 Å². The number of nitrogens with one attached hydrogen (secondary N) is 1. The van der Waals surface area contributed by atoms with Crippen LogP contribution < -0.4 is 5.32 Å². The molecule has 6 heteroatoms. The van der Waals surface area contributed by atoms with Crippen molar-refractivity contribution in [3.8, 4) is 11.3 Å². The number of hydrogen-bond acceptors (Lipinski definition) is 3. The average molecular weight is 281 g/mol. The molecule has 0 spiro atoms. The molecule has 3 nitrogen and oxygen atoms in total. The van der Waals surface area contributed by atoms with Gasteiger partial charge in [0.05, 0.1) is 11.3 Å². The highest BCUT2D eigenvalue weighted by molar-refractivity contribution is 5.70. The largest absolute Gasteiger partial charge is 0.417 e. The molecule has 0 saturated heterocycles. The van der Waals surface area contributed by atoms with Crippen molar-refractivity contribution in [3.63, 3.8) is 0 Å². The Labute approximate surface area is 114 Å². The topological polar surface area (TPSA) is 37.8 Å². The summed E-state index contributed by atoms with van der Waals surface area (Å²) in [4.78, 5) is 0. The molecule has 0 aliphatic heterocycles. The SMILES string of the molecule is CNc1nnc(-c2ccccc2C(F)(F)F)c(C)c1C. The van der Waals surface area contributed by atoms with E-state index in [1.165, 1.54) is 12.1 Å². The van der Waals surface area contributed by atoms with Gasteiger partial charge in [-0.1, -0.05) is 18.2 Å². The van der Waals surface area contributed by atoms with Crippen LogP contribution in [0.15, 0.2) is 24.3 Å². The van der Waals surface area contributed by atoms with E-state index in [1.807, 2.05) is 0 Å². The summed E-state index contributed by atoms with van der Waals surface area (Å²) in [6.45, 7) is 3.54. The van der Waals surface area contributed by atoms with Crippen LogP contribution in [0.2, 0.25) is 0 Å². The fourth-order valence-corrected chi connectivity index (χ4v) is 2.04. The van der Waals surface area contributed by atoms with Gasteiger partial charge in [0, 0.05) is 12.6 Å². The van der Waals surface area contributed by atoms with Gasteiger partial charge in [-0.2, -0.15) is 13.2 Å². The second kappa shape index (κ2) is 5.11. The first kappa shape index (κ1) is 14.3. The van der Waals surface area contributed by atoms with Gasteiger partial charge >= 0.3 is 6.18 Å². The van der Waals surface area contributed by atoms with E-state index in [0.717, 1.165) is 11.6 Å². The van der Waals surface area contributed by atoms with Crippen LogP contribution in [0.25, 0.3) is 11.3 Å². The first-order chi connectivity index (χ1) is 9.36. The van der Waals surface area contributed by atoms with Crippen molar-refractivity contribution in [2.45, 2.75) is 20.0 Å². The zero-order chi connectivity index (χ0) is 14.9. The number of rotatable bonds is 2. The summed E-state index contributed by atoms with van der Waals surface area (Å²) in [6, 6.07) is 5.40. The molecule has 0 atom stereocenters. The highest BCUT2D eigenvalue weighted by Gasteiger charge is 2.34. The summed E-state index contributed by atoms with van der Waals surface area (Å²) < 4.78 is 39.2. The Balaban J connectivity index is 2.67. The number of hydrogen-bond donors (Lipinski definition) is 1. The minimum Gasteiger partial charge on any atom is -0.371 e. The molecule has 1 aromatic carbocycles. The lowest BCUT2D eigenvalue weighted by Crippen LogP contribution is -2.09. The van der Waals surface area contributed by atoms with Gasteiger partial charge in [0.1, 0.15) is 0 Å². The molecular weight excluding hydrogens is 267 g/mol. The summed E-state index contributed by atoms with van der Waals surface area (Å²) in [7, 11) is 1.69. The summed E-state index contributed by atoms with van der Waals surface area (Å²) in [5.74, 6) is 0.565. The normalized spacial score (nSPS) is 11.5. The Hall–Kier alpha value is -2.11. The van der Waals surface area contributed by atoms with Crippen LogP contribution in [0.1, 0.15) is 16.7 Å². The predicted molar refractivity (Wildman–Crippen MR) is 71.5 cm³/mol. The van der Waals surface area contributed by atoms with Crippen LogP contribution in [0.3, 0.4) is 0 Å². The van der Waals surface area contributed by atoms with Gasteiger partial charge in [-0.3, -0.25) is 0 Å². The van der Waals surface area contributed by atoms with Crippen LogP contribution in [0.5, 0.6) is 0 Å². The van der Waals surface area contributed by atoms with E-state index in [4.69, 9.17) is 0 Å². The molecule has 20 heavy (non-hydrogen) atoms. The molecule has 1 N–H and O–H groups in total. The van der Waals surface area contributed by atoms with Gasteiger partial charge in [-0.05, 0) is 31.0 Å². The molecule has 0 fully saturated rings. The van der Waals surface area contributed by atoms with E-state index in [-0.39, 0.29) is 11.3 Å². The first-order valence-electron chi connectivity index (χ1n) is 6.04. The maximum absolute atomic E-state index is 13.1. The molecule has 0 aliphatic carbocycles. The highest BCUT2D eigenvalue weighted by Crippen LogP contribution is 2.37. The molecule has 1 aromatic heterocycles. The second-order valence-electron chi connectivity index (χ2n) is 4.44. The minimum atomic E-state index is -4.42.